The van der Waals surface area contributed by atoms with Gasteiger partial charge in [0.05, 0.1) is 18.0 Å². The van der Waals surface area contributed by atoms with Gasteiger partial charge in [-0.25, -0.2) is 0 Å². The number of anilines is 1. The maximum Gasteiger partial charge on any atom is 0.274 e. The van der Waals surface area contributed by atoms with E-state index in [-0.39, 0.29) is 5.91 Å². The number of amides is 1. The Labute approximate surface area is 156 Å². The summed E-state index contributed by atoms with van der Waals surface area (Å²) in [5.74, 6) is 0.503. The molecule has 0 spiro atoms. The van der Waals surface area contributed by atoms with Gasteiger partial charge in [-0.2, -0.15) is 15.3 Å². The van der Waals surface area contributed by atoms with Crippen LogP contribution in [-0.4, -0.2) is 49.3 Å². The summed E-state index contributed by atoms with van der Waals surface area (Å²) in [5.41, 5.74) is 4.87. The van der Waals surface area contributed by atoms with E-state index in [2.05, 4.69) is 30.8 Å². The van der Waals surface area contributed by atoms with Crippen LogP contribution in [0.1, 0.15) is 46.3 Å². The number of hydrogen-bond acceptors (Lipinski definition) is 5. The first-order chi connectivity index (χ1) is 13.0. The topological polar surface area (TPSA) is 114 Å². The summed E-state index contributed by atoms with van der Waals surface area (Å²) in [6, 6.07) is 3.60. The van der Waals surface area contributed by atoms with Crippen LogP contribution in [0, 0.1) is 13.8 Å². The van der Waals surface area contributed by atoms with E-state index in [1.54, 1.807) is 10.7 Å². The van der Waals surface area contributed by atoms with E-state index in [0.717, 1.165) is 42.1 Å². The second kappa shape index (κ2) is 6.99. The minimum atomic E-state index is -0.286. The molecule has 1 saturated heterocycles. The van der Waals surface area contributed by atoms with Crippen molar-refractivity contribution in [1.82, 2.24) is 30.2 Å². The van der Waals surface area contributed by atoms with E-state index in [4.69, 9.17) is 4.74 Å². The van der Waals surface area contributed by atoms with Gasteiger partial charge in [-0.3, -0.25) is 19.7 Å². The van der Waals surface area contributed by atoms with Crippen LogP contribution in [0.2, 0.25) is 0 Å². The Morgan fingerprint density at radius 1 is 1.30 bits per heavy atom. The zero-order valence-electron chi connectivity index (χ0n) is 15.7. The normalized spacial score (nSPS) is 17.2. The van der Waals surface area contributed by atoms with Crippen molar-refractivity contribution >= 4 is 11.7 Å². The molecule has 1 unspecified atom stereocenters. The average molecular weight is 369 g/mol. The van der Waals surface area contributed by atoms with Gasteiger partial charge in [0, 0.05) is 42.6 Å². The largest absolute Gasteiger partial charge is 0.381 e. The second-order valence-electron chi connectivity index (χ2n) is 6.91. The molecule has 0 aromatic carbocycles. The van der Waals surface area contributed by atoms with Crippen molar-refractivity contribution in [3.63, 3.8) is 0 Å². The van der Waals surface area contributed by atoms with Crippen molar-refractivity contribution in [2.45, 2.75) is 32.6 Å². The molecule has 1 amide bonds. The van der Waals surface area contributed by atoms with Gasteiger partial charge in [-0.1, -0.05) is 0 Å². The van der Waals surface area contributed by atoms with Gasteiger partial charge in [-0.05, 0) is 32.8 Å². The molecule has 1 fully saturated rings. The lowest BCUT2D eigenvalue weighted by atomic mass is 9.99. The highest BCUT2D eigenvalue weighted by molar-refractivity contribution is 6.03. The lowest BCUT2D eigenvalue weighted by molar-refractivity contribution is 0.0793. The van der Waals surface area contributed by atoms with Crippen molar-refractivity contribution in [3.05, 3.63) is 34.9 Å². The SMILES string of the molecule is Cc1nn(C)c(C)c1-c1cc(C(=O)Nc2cc(C3CCCOC3)[nH]n2)[nH]n1. The van der Waals surface area contributed by atoms with Crippen LogP contribution < -0.4 is 5.32 Å². The second-order valence-corrected chi connectivity index (χ2v) is 6.91. The number of hydrogen-bond donors (Lipinski definition) is 3. The zero-order chi connectivity index (χ0) is 19.0. The van der Waals surface area contributed by atoms with Crippen LogP contribution in [0.3, 0.4) is 0 Å². The summed E-state index contributed by atoms with van der Waals surface area (Å²) in [7, 11) is 1.89. The number of aryl methyl sites for hydroxylation is 2. The van der Waals surface area contributed by atoms with E-state index in [1.165, 1.54) is 0 Å². The Hall–Kier alpha value is -2.94. The van der Waals surface area contributed by atoms with Crippen LogP contribution in [-0.2, 0) is 11.8 Å². The fraction of sp³-hybridized carbons (Fsp3) is 0.444. The maximum absolute atomic E-state index is 12.5. The van der Waals surface area contributed by atoms with Crippen LogP contribution >= 0.6 is 0 Å². The molecule has 3 N–H and O–H groups in total. The molecule has 4 rings (SSSR count). The molecule has 9 heteroatoms. The van der Waals surface area contributed by atoms with E-state index >= 15 is 0 Å². The zero-order valence-corrected chi connectivity index (χ0v) is 15.7. The highest BCUT2D eigenvalue weighted by Crippen LogP contribution is 2.27. The monoisotopic (exact) mass is 369 g/mol. The number of carbonyl (C=O) groups excluding carboxylic acids is 1. The highest BCUT2D eigenvalue weighted by atomic mass is 16.5. The Balaban J connectivity index is 1.48. The molecule has 0 radical (unpaired) electrons. The first-order valence-corrected chi connectivity index (χ1v) is 9.03. The van der Waals surface area contributed by atoms with Gasteiger partial charge < -0.3 is 10.1 Å². The number of rotatable bonds is 4. The van der Waals surface area contributed by atoms with E-state index in [1.807, 2.05) is 27.0 Å². The molecule has 4 heterocycles. The quantitative estimate of drug-likeness (QED) is 0.653. The number of ether oxygens (including phenoxy) is 1. The van der Waals surface area contributed by atoms with Gasteiger partial charge in [-0.15, -0.1) is 0 Å². The molecule has 0 saturated carbocycles. The number of aromatic amines is 2. The van der Waals surface area contributed by atoms with Crippen LogP contribution in [0.15, 0.2) is 12.1 Å². The molecule has 0 aliphatic carbocycles. The van der Waals surface area contributed by atoms with Crippen molar-refractivity contribution in [1.29, 1.82) is 0 Å². The predicted octanol–water partition coefficient (Wildman–Crippen LogP) is 2.30. The molecular formula is C18H23N7O2. The van der Waals surface area contributed by atoms with Crippen LogP contribution in [0.25, 0.3) is 11.3 Å². The lowest BCUT2D eigenvalue weighted by Gasteiger charge is -2.20. The number of H-pyrrole nitrogens is 2. The third-order valence-corrected chi connectivity index (χ3v) is 5.03. The molecular weight excluding hydrogens is 346 g/mol. The summed E-state index contributed by atoms with van der Waals surface area (Å²) in [4.78, 5) is 12.5. The van der Waals surface area contributed by atoms with Crippen molar-refractivity contribution in [2.75, 3.05) is 18.5 Å². The minimum absolute atomic E-state index is 0.286. The number of nitrogens with zero attached hydrogens (tertiary/aromatic N) is 4. The standard InChI is InChI=1S/C18H23N7O2/c1-10-17(11(2)25(3)24-10)14-7-15(22-21-14)18(26)19-16-8-13(20-23-16)12-5-4-6-27-9-12/h7-8,12H,4-6,9H2,1-3H3,(H,21,22)(H2,19,20,23,26). The number of aromatic nitrogens is 6. The lowest BCUT2D eigenvalue weighted by Crippen LogP contribution is -2.15. The van der Waals surface area contributed by atoms with E-state index in [9.17, 15) is 4.79 Å². The summed E-state index contributed by atoms with van der Waals surface area (Å²) in [6.45, 7) is 5.40. The smallest absolute Gasteiger partial charge is 0.274 e. The fourth-order valence-corrected chi connectivity index (χ4v) is 3.49. The Morgan fingerprint density at radius 2 is 2.15 bits per heavy atom. The number of carbonyl (C=O) groups is 1. The van der Waals surface area contributed by atoms with Crippen molar-refractivity contribution in [2.24, 2.45) is 7.05 Å². The molecule has 27 heavy (non-hydrogen) atoms. The van der Waals surface area contributed by atoms with Gasteiger partial charge in [0.1, 0.15) is 5.69 Å². The van der Waals surface area contributed by atoms with Gasteiger partial charge in [0.25, 0.3) is 5.91 Å². The molecule has 9 nitrogen and oxygen atoms in total. The predicted molar refractivity (Wildman–Crippen MR) is 99.6 cm³/mol. The summed E-state index contributed by atoms with van der Waals surface area (Å²) in [5, 5.41) is 21.5. The Bertz CT molecular complexity index is 962. The first kappa shape index (κ1) is 17.5. The number of nitrogens with one attached hydrogen (secondary N) is 3. The summed E-state index contributed by atoms with van der Waals surface area (Å²) < 4.78 is 7.31. The first-order valence-electron chi connectivity index (χ1n) is 9.03. The molecule has 0 bridgehead atoms. The van der Waals surface area contributed by atoms with Gasteiger partial charge in [0.15, 0.2) is 5.82 Å². The van der Waals surface area contributed by atoms with Crippen LogP contribution in [0.4, 0.5) is 5.82 Å². The summed E-state index contributed by atoms with van der Waals surface area (Å²) in [6.07, 6.45) is 2.10. The molecule has 142 valence electrons. The van der Waals surface area contributed by atoms with Crippen molar-refractivity contribution in [3.8, 4) is 11.3 Å². The molecule has 1 aliphatic rings. The maximum atomic E-state index is 12.5. The van der Waals surface area contributed by atoms with Gasteiger partial charge in [0.2, 0.25) is 0 Å². The average Bonchev–Trinajstić information content (AvgIpc) is 3.37. The molecule has 1 atom stereocenters. The molecule has 1 aliphatic heterocycles. The fourth-order valence-electron chi connectivity index (χ4n) is 3.49. The highest BCUT2D eigenvalue weighted by Gasteiger charge is 2.20. The van der Waals surface area contributed by atoms with Gasteiger partial charge >= 0.3 is 0 Å². The van der Waals surface area contributed by atoms with Crippen LogP contribution in [0.5, 0.6) is 0 Å². The molecule has 3 aromatic rings. The summed E-state index contributed by atoms with van der Waals surface area (Å²) >= 11 is 0. The van der Waals surface area contributed by atoms with Crippen molar-refractivity contribution < 1.29 is 9.53 Å². The van der Waals surface area contributed by atoms with E-state index in [0.29, 0.717) is 29.7 Å². The third-order valence-electron chi connectivity index (χ3n) is 5.03. The minimum Gasteiger partial charge on any atom is -0.381 e. The Kier molecular flexibility index (Phi) is 4.53. The van der Waals surface area contributed by atoms with E-state index < -0.39 is 0 Å². The third kappa shape index (κ3) is 3.37. The Morgan fingerprint density at radius 3 is 2.85 bits per heavy atom. The molecule has 3 aromatic heterocycles.